The first-order valence-corrected chi connectivity index (χ1v) is 4.42. The van der Waals surface area contributed by atoms with Crippen molar-refractivity contribution >= 4 is 31.9 Å². The molecule has 0 saturated carbocycles. The van der Waals surface area contributed by atoms with Crippen LogP contribution in [0.5, 0.6) is 0 Å². The standard InChI is InChI=1S/C5H10Br2/c1-4(3-6)5(2)7/h4-5H,3H2,1-2H3/t4-,5+/m0/s1. The van der Waals surface area contributed by atoms with Gasteiger partial charge in [0.25, 0.3) is 0 Å². The van der Waals surface area contributed by atoms with Crippen LogP contribution in [-0.4, -0.2) is 10.2 Å². The van der Waals surface area contributed by atoms with Gasteiger partial charge in [0.2, 0.25) is 0 Å². The summed E-state index contributed by atoms with van der Waals surface area (Å²) in [6, 6.07) is 0. The minimum absolute atomic E-state index is 0.631. The summed E-state index contributed by atoms with van der Waals surface area (Å²) < 4.78 is 0. The first-order valence-electron chi connectivity index (χ1n) is 2.38. The lowest BCUT2D eigenvalue weighted by Gasteiger charge is -2.07. The molecule has 0 rings (SSSR count). The minimum Gasteiger partial charge on any atom is -0.0925 e. The largest absolute Gasteiger partial charge is 0.0925 e. The van der Waals surface area contributed by atoms with Gasteiger partial charge in [-0.05, 0) is 5.92 Å². The summed E-state index contributed by atoms with van der Waals surface area (Å²) in [6.45, 7) is 4.36. The highest BCUT2D eigenvalue weighted by atomic mass is 79.9. The van der Waals surface area contributed by atoms with E-state index in [9.17, 15) is 0 Å². The average Bonchev–Trinajstić information content (AvgIpc) is 1.65. The molecule has 0 amide bonds. The molecule has 0 bridgehead atoms. The Morgan fingerprint density at radius 1 is 1.43 bits per heavy atom. The van der Waals surface area contributed by atoms with Gasteiger partial charge in [-0.25, -0.2) is 0 Å². The predicted molar refractivity (Wildman–Crippen MR) is 41.3 cm³/mol. The van der Waals surface area contributed by atoms with Crippen molar-refractivity contribution in [2.75, 3.05) is 5.33 Å². The molecule has 0 aromatic carbocycles. The fraction of sp³-hybridized carbons (Fsp3) is 1.00. The van der Waals surface area contributed by atoms with Gasteiger partial charge in [-0.3, -0.25) is 0 Å². The minimum atomic E-state index is 0.631. The van der Waals surface area contributed by atoms with Gasteiger partial charge in [-0.15, -0.1) is 0 Å². The zero-order chi connectivity index (χ0) is 5.86. The molecule has 0 radical (unpaired) electrons. The predicted octanol–water partition coefficient (Wildman–Crippen LogP) is 2.80. The third kappa shape index (κ3) is 3.53. The first-order chi connectivity index (χ1) is 3.18. The lowest BCUT2D eigenvalue weighted by molar-refractivity contribution is 0.667. The second-order valence-electron chi connectivity index (χ2n) is 1.81. The van der Waals surface area contributed by atoms with Crippen molar-refractivity contribution in [2.45, 2.75) is 18.7 Å². The second kappa shape index (κ2) is 3.90. The molecule has 0 heterocycles. The maximum absolute atomic E-state index is 3.47. The van der Waals surface area contributed by atoms with Gasteiger partial charge >= 0.3 is 0 Å². The molecule has 0 N–H and O–H groups in total. The Bertz CT molecular complexity index is 43.3. The number of hydrogen-bond acceptors (Lipinski definition) is 0. The Morgan fingerprint density at radius 2 is 1.86 bits per heavy atom. The first kappa shape index (κ1) is 7.96. The van der Waals surface area contributed by atoms with E-state index in [1.807, 2.05) is 0 Å². The van der Waals surface area contributed by atoms with Gasteiger partial charge in [0.1, 0.15) is 0 Å². The zero-order valence-electron chi connectivity index (χ0n) is 4.62. The maximum atomic E-state index is 3.47. The Kier molecular flexibility index (Phi) is 4.44. The van der Waals surface area contributed by atoms with Crippen LogP contribution in [0.4, 0.5) is 0 Å². The zero-order valence-corrected chi connectivity index (χ0v) is 7.79. The summed E-state index contributed by atoms with van der Waals surface area (Å²) >= 11 is 6.86. The second-order valence-corrected chi connectivity index (χ2v) is 3.90. The lowest BCUT2D eigenvalue weighted by Crippen LogP contribution is -2.06. The molecule has 0 nitrogen and oxygen atoms in total. The molecular weight excluding hydrogens is 220 g/mol. The Labute approximate surface area is 61.9 Å². The summed E-state index contributed by atoms with van der Waals surface area (Å²) in [5.41, 5.74) is 0. The van der Waals surface area contributed by atoms with Gasteiger partial charge in [-0.2, -0.15) is 0 Å². The van der Waals surface area contributed by atoms with Crippen LogP contribution in [0.2, 0.25) is 0 Å². The maximum Gasteiger partial charge on any atom is 0.0151 e. The van der Waals surface area contributed by atoms with Gasteiger partial charge in [0, 0.05) is 10.2 Å². The van der Waals surface area contributed by atoms with Crippen LogP contribution in [-0.2, 0) is 0 Å². The molecule has 0 unspecified atom stereocenters. The number of rotatable bonds is 2. The van der Waals surface area contributed by atoms with Crippen molar-refractivity contribution in [3.8, 4) is 0 Å². The highest BCUT2D eigenvalue weighted by molar-refractivity contribution is 9.10. The number of hydrogen-bond donors (Lipinski definition) is 0. The fourth-order valence-electron chi connectivity index (χ4n) is 0.123. The van der Waals surface area contributed by atoms with Crippen LogP contribution in [0.15, 0.2) is 0 Å². The SMILES string of the molecule is C[C@@H](Br)[C@@H](C)CBr. The summed E-state index contributed by atoms with van der Waals surface area (Å²) in [5, 5.41) is 1.08. The molecule has 0 fully saturated rings. The molecule has 44 valence electrons. The van der Waals surface area contributed by atoms with Crippen LogP contribution in [0, 0.1) is 5.92 Å². The van der Waals surface area contributed by atoms with E-state index in [2.05, 4.69) is 45.7 Å². The molecule has 0 aliphatic heterocycles. The molecular formula is C5H10Br2. The van der Waals surface area contributed by atoms with E-state index in [4.69, 9.17) is 0 Å². The lowest BCUT2D eigenvalue weighted by atomic mass is 10.2. The van der Waals surface area contributed by atoms with E-state index < -0.39 is 0 Å². The van der Waals surface area contributed by atoms with Crippen LogP contribution in [0.1, 0.15) is 13.8 Å². The van der Waals surface area contributed by atoms with Crippen LogP contribution in [0.3, 0.4) is 0 Å². The van der Waals surface area contributed by atoms with E-state index >= 15 is 0 Å². The normalized spacial score (nSPS) is 18.9. The molecule has 0 aliphatic carbocycles. The molecule has 0 saturated heterocycles. The molecule has 0 aliphatic rings. The van der Waals surface area contributed by atoms with Crippen LogP contribution in [0.25, 0.3) is 0 Å². The molecule has 2 heteroatoms. The molecule has 0 aromatic rings. The average molecular weight is 230 g/mol. The quantitative estimate of drug-likeness (QED) is 0.639. The molecule has 2 atom stereocenters. The number of halogens is 2. The van der Waals surface area contributed by atoms with Gasteiger partial charge < -0.3 is 0 Å². The highest BCUT2D eigenvalue weighted by Crippen LogP contribution is 2.12. The Balaban J connectivity index is 3.14. The van der Waals surface area contributed by atoms with Crippen molar-refractivity contribution in [3.63, 3.8) is 0 Å². The molecule has 0 aromatic heterocycles. The Morgan fingerprint density at radius 3 is 1.86 bits per heavy atom. The summed E-state index contributed by atoms with van der Waals surface area (Å²) in [6.07, 6.45) is 0. The third-order valence-corrected chi connectivity index (χ3v) is 2.95. The topological polar surface area (TPSA) is 0 Å². The van der Waals surface area contributed by atoms with Gasteiger partial charge in [0.15, 0.2) is 0 Å². The highest BCUT2D eigenvalue weighted by Gasteiger charge is 2.04. The smallest absolute Gasteiger partial charge is 0.0151 e. The summed E-state index contributed by atoms with van der Waals surface area (Å²) in [7, 11) is 0. The van der Waals surface area contributed by atoms with E-state index in [1.165, 1.54) is 0 Å². The van der Waals surface area contributed by atoms with Gasteiger partial charge in [-0.1, -0.05) is 45.7 Å². The van der Waals surface area contributed by atoms with E-state index in [0.717, 1.165) is 11.2 Å². The van der Waals surface area contributed by atoms with Crippen LogP contribution < -0.4 is 0 Å². The summed E-state index contributed by atoms with van der Waals surface area (Å²) in [4.78, 5) is 0.631. The molecule has 7 heavy (non-hydrogen) atoms. The van der Waals surface area contributed by atoms with Crippen molar-refractivity contribution in [1.29, 1.82) is 0 Å². The van der Waals surface area contributed by atoms with Crippen molar-refractivity contribution < 1.29 is 0 Å². The van der Waals surface area contributed by atoms with Crippen LogP contribution >= 0.6 is 31.9 Å². The van der Waals surface area contributed by atoms with E-state index in [0.29, 0.717) is 4.83 Å². The third-order valence-electron chi connectivity index (χ3n) is 1.03. The van der Waals surface area contributed by atoms with E-state index in [1.54, 1.807) is 0 Å². The Hall–Kier alpha value is 0.960. The molecule has 0 spiro atoms. The van der Waals surface area contributed by atoms with Crippen molar-refractivity contribution in [2.24, 2.45) is 5.92 Å². The van der Waals surface area contributed by atoms with E-state index in [-0.39, 0.29) is 0 Å². The summed E-state index contributed by atoms with van der Waals surface area (Å²) in [5.74, 6) is 0.736. The van der Waals surface area contributed by atoms with Crippen molar-refractivity contribution in [3.05, 3.63) is 0 Å². The number of alkyl halides is 2. The fourth-order valence-corrected chi connectivity index (χ4v) is 1.37. The van der Waals surface area contributed by atoms with Gasteiger partial charge in [0.05, 0.1) is 0 Å². The van der Waals surface area contributed by atoms with Crippen molar-refractivity contribution in [1.82, 2.24) is 0 Å². The monoisotopic (exact) mass is 228 g/mol.